The van der Waals surface area contributed by atoms with E-state index in [2.05, 4.69) is 294 Å². The van der Waals surface area contributed by atoms with Gasteiger partial charge in [-0.3, -0.25) is 0 Å². The van der Waals surface area contributed by atoms with E-state index in [9.17, 15) is 0 Å². The molecule has 694 valence electrons. The summed E-state index contributed by atoms with van der Waals surface area (Å²) in [5, 5.41) is 18.1. The van der Waals surface area contributed by atoms with Gasteiger partial charge in [0.25, 0.3) is 0 Å². The van der Waals surface area contributed by atoms with Crippen molar-refractivity contribution >= 4 is 0 Å². The molecule has 10 nitrogen and oxygen atoms in total. The highest BCUT2D eigenvalue weighted by Gasteiger charge is 2.59. The highest BCUT2D eigenvalue weighted by Crippen LogP contribution is 2.62. The van der Waals surface area contributed by atoms with Gasteiger partial charge in [-0.05, 0) is 382 Å². The Balaban J connectivity index is 0.000000130. The van der Waals surface area contributed by atoms with Crippen LogP contribution in [0.25, 0.3) is 0 Å². The summed E-state index contributed by atoms with van der Waals surface area (Å²) >= 11 is 0. The SMILES string of the molecule is CC(C)(C)C1C2CCC1CNC2.CC(C)(C)C1CC2CCC(C1)N2.CC(C)(C)C1CNCC12CC2.CC(C)(C)C1C[C@@H]2CC[C@H]1N2.CC(C)(C)C1C[C@H]2CC[C@H]1N2.CN1C2CCC1C(C(C)(C)C)C2.CN1C2CCC1CC(C(C)(C)C)C2.CN1CC(C(C)(C)C)C2(CC2)C1.CN1CC2CCC(C1)C2C(C)(C)C.CN1CC2CCC1C2C(C)(C)C. The van der Waals surface area contributed by atoms with Crippen molar-refractivity contribution in [2.45, 2.75) is 448 Å². The summed E-state index contributed by atoms with van der Waals surface area (Å²) in [7, 11) is 11.5. The van der Waals surface area contributed by atoms with Gasteiger partial charge in [-0.25, -0.2) is 0 Å². The second kappa shape index (κ2) is 37.8. The number of hydrogen-bond acceptors (Lipinski definition) is 10. The molecule has 15 heterocycles. The number of nitrogens with one attached hydrogen (secondary N) is 5. The van der Waals surface area contributed by atoms with Gasteiger partial charge < -0.3 is 51.1 Å². The van der Waals surface area contributed by atoms with Crippen LogP contribution in [0.1, 0.15) is 381 Å². The number of piperidine rings is 5. The molecular formula is C109H208N10. The second-order valence-corrected chi connectivity index (χ2v) is 56.9. The Kier molecular flexibility index (Phi) is 31.5. The van der Waals surface area contributed by atoms with Crippen molar-refractivity contribution in [1.82, 2.24) is 51.1 Å². The van der Waals surface area contributed by atoms with Crippen molar-refractivity contribution in [2.24, 2.45) is 154 Å². The van der Waals surface area contributed by atoms with E-state index in [-0.39, 0.29) is 0 Å². The van der Waals surface area contributed by atoms with Crippen LogP contribution in [-0.4, -0.2) is 185 Å². The first-order chi connectivity index (χ1) is 54.7. The van der Waals surface area contributed by atoms with E-state index in [1.807, 2.05) is 0 Å². The van der Waals surface area contributed by atoms with Crippen molar-refractivity contribution in [3.8, 4) is 0 Å². The Labute approximate surface area is 742 Å². The third-order valence-corrected chi connectivity index (χ3v) is 37.7. The number of nitrogens with zero attached hydrogens (tertiary/aromatic N) is 5. The highest BCUT2D eigenvalue weighted by atomic mass is 15.2. The molecular weight excluding hydrogens is 1450 g/mol. The van der Waals surface area contributed by atoms with E-state index in [1.54, 1.807) is 0 Å². The normalized spacial score (nSPS) is 40.7. The van der Waals surface area contributed by atoms with Crippen LogP contribution in [0.2, 0.25) is 0 Å². The van der Waals surface area contributed by atoms with E-state index < -0.39 is 0 Å². The zero-order chi connectivity index (χ0) is 87.9. The third-order valence-electron chi connectivity index (χ3n) is 37.7. The van der Waals surface area contributed by atoms with Crippen LogP contribution in [0, 0.1) is 154 Å². The van der Waals surface area contributed by atoms with Gasteiger partial charge in [-0.15, -0.1) is 0 Å². The molecule has 0 amide bonds. The lowest BCUT2D eigenvalue weighted by molar-refractivity contribution is 0.0528. The van der Waals surface area contributed by atoms with E-state index in [0.29, 0.717) is 54.1 Å². The van der Waals surface area contributed by atoms with Gasteiger partial charge >= 0.3 is 0 Å². The molecule has 18 unspecified atom stereocenters. The lowest BCUT2D eigenvalue weighted by Gasteiger charge is -2.43. The predicted octanol–water partition coefficient (Wildman–Crippen LogP) is 24.0. The molecule has 20 aliphatic rings. The van der Waals surface area contributed by atoms with Gasteiger partial charge in [-0.1, -0.05) is 208 Å². The number of rotatable bonds is 0. The molecule has 16 bridgehead atoms. The Morgan fingerprint density at radius 2 is 0.655 bits per heavy atom. The molecule has 0 aromatic heterocycles. The van der Waals surface area contributed by atoms with Crippen molar-refractivity contribution in [3.05, 3.63) is 0 Å². The van der Waals surface area contributed by atoms with Gasteiger partial charge in [0.05, 0.1) is 0 Å². The van der Waals surface area contributed by atoms with Gasteiger partial charge in [0.2, 0.25) is 0 Å². The lowest BCUT2D eigenvalue weighted by Crippen LogP contribution is -2.44. The quantitative estimate of drug-likeness (QED) is 0.162. The van der Waals surface area contributed by atoms with Crippen LogP contribution in [0.3, 0.4) is 0 Å². The van der Waals surface area contributed by atoms with Crippen molar-refractivity contribution < 1.29 is 0 Å². The van der Waals surface area contributed by atoms with E-state index >= 15 is 0 Å². The molecule has 0 radical (unpaired) electrons. The first-order valence-corrected chi connectivity index (χ1v) is 51.9. The topological polar surface area (TPSA) is 76.3 Å². The Morgan fingerprint density at radius 1 is 0.269 bits per heavy atom. The molecule has 22 atom stereocenters. The lowest BCUT2D eigenvalue weighted by atomic mass is 9.69. The summed E-state index contributed by atoms with van der Waals surface area (Å²) in [6.45, 7) is 83.7. The minimum absolute atomic E-state index is 0.514. The zero-order valence-electron chi connectivity index (χ0n) is 86.2. The van der Waals surface area contributed by atoms with Crippen molar-refractivity contribution in [2.75, 3.05) is 94.1 Å². The average Bonchev–Trinajstić information content (AvgIpc) is 1.59. The van der Waals surface area contributed by atoms with Crippen LogP contribution >= 0.6 is 0 Å². The molecule has 0 aromatic rings. The summed E-state index contributed by atoms with van der Waals surface area (Å²) in [6, 6.07) is 9.66. The molecule has 20 rings (SSSR count). The van der Waals surface area contributed by atoms with Crippen molar-refractivity contribution in [1.29, 1.82) is 0 Å². The van der Waals surface area contributed by atoms with Crippen molar-refractivity contribution in [3.63, 3.8) is 0 Å². The fourth-order valence-electron chi connectivity index (χ4n) is 31.3. The maximum Gasteiger partial charge on any atom is 0.0130 e. The second-order valence-electron chi connectivity index (χ2n) is 56.9. The van der Waals surface area contributed by atoms with E-state index in [0.717, 1.165) is 166 Å². The number of fused-ring (bicyclic) bond motifs is 16. The Morgan fingerprint density at radius 3 is 0.958 bits per heavy atom. The fraction of sp³-hybridized carbons (Fsp3) is 1.00. The molecule has 15 saturated heterocycles. The smallest absolute Gasteiger partial charge is 0.0130 e. The zero-order valence-corrected chi connectivity index (χ0v) is 86.2. The Bertz CT molecular complexity index is 2980. The molecule has 15 aliphatic heterocycles. The molecule has 5 N–H and O–H groups in total. The van der Waals surface area contributed by atoms with Gasteiger partial charge in [0.15, 0.2) is 0 Å². The van der Waals surface area contributed by atoms with Gasteiger partial charge in [-0.2, -0.15) is 0 Å². The molecule has 119 heavy (non-hydrogen) atoms. The largest absolute Gasteiger partial charge is 0.316 e. The van der Waals surface area contributed by atoms with Crippen LogP contribution in [0.15, 0.2) is 0 Å². The molecule has 20 fully saturated rings. The maximum atomic E-state index is 3.69. The third kappa shape index (κ3) is 24.8. The molecule has 0 aromatic carbocycles. The molecule has 10 heteroatoms. The summed E-state index contributed by atoms with van der Waals surface area (Å²) < 4.78 is 0. The molecule has 5 saturated carbocycles. The van der Waals surface area contributed by atoms with Gasteiger partial charge in [0.1, 0.15) is 0 Å². The summed E-state index contributed by atoms with van der Waals surface area (Å²) in [4.78, 5) is 12.9. The van der Waals surface area contributed by atoms with E-state index in [4.69, 9.17) is 0 Å². The van der Waals surface area contributed by atoms with Crippen LogP contribution in [-0.2, 0) is 0 Å². The standard InChI is InChI=1S/2C12H23N.5C11H21N.3C10H19N/c1-12(2,3)9-7-10-5-6-11(8-9)13(10)4;1-12(2,3)11-9-5-6-10(11)8-13(4)7-9;1-10(2,3)9-7-12(4)8-11(9)5-6-11;1-11(2,3)9-7-8-5-6-10(9)12(8)4;1-11(2,3)10-8-5-6-9(10)12(4)7-8;1-11(2,3)8-6-9-4-5-10(7-8)12-9;1-11(2,3)10-8-4-5-9(10)7-12-6-8;1-9(2,3)8-6-11-7-10(8)4-5-10;2*1-10(2,3)8-6-7-4-5-9(8)11-7/h2*9-11H,5-8H2,1-4H3;9H,5-8H2,1-4H3;2*8-10H,5-7H2,1-4H3;2*8-10,12H,4-7H2,1-3H3;8,11H,4-7H2,1-3H3;2*7-9,11H,4-6H2,1-3H3/t;;;;;;;;7-,8?,9+;7-,8?,9-/m........01/s1. The fourth-order valence-corrected chi connectivity index (χ4v) is 31.3. The number of likely N-dealkylation sites (tertiary alicyclic amines) is 3. The minimum Gasteiger partial charge on any atom is -0.316 e. The predicted molar refractivity (Wildman–Crippen MR) is 516 cm³/mol. The summed E-state index contributed by atoms with van der Waals surface area (Å²) in [5.41, 5.74) is 6.73. The van der Waals surface area contributed by atoms with E-state index in [1.165, 1.54) is 232 Å². The first-order valence-electron chi connectivity index (χ1n) is 51.9. The summed E-state index contributed by atoms with van der Waals surface area (Å²) in [5.74, 6) is 14.5. The highest BCUT2D eigenvalue weighted by molar-refractivity contribution is 5.11. The van der Waals surface area contributed by atoms with Crippen LogP contribution in [0.4, 0.5) is 0 Å². The average molecular weight is 1660 g/mol. The monoisotopic (exact) mass is 1660 g/mol. The Hall–Kier alpha value is -0.400. The maximum absolute atomic E-state index is 3.69. The minimum atomic E-state index is 0.514. The van der Waals surface area contributed by atoms with Crippen LogP contribution in [0.5, 0.6) is 0 Å². The summed E-state index contributed by atoms with van der Waals surface area (Å²) in [6.07, 6.45) is 39.1. The number of hydrogen-bond donors (Lipinski definition) is 5. The van der Waals surface area contributed by atoms with Gasteiger partial charge in [0, 0.05) is 106 Å². The first kappa shape index (κ1) is 99.2. The molecule has 2 spiro atoms. The molecule has 5 aliphatic carbocycles. The van der Waals surface area contributed by atoms with Crippen LogP contribution < -0.4 is 26.6 Å².